The Hall–Kier alpha value is -2.33. The van der Waals surface area contributed by atoms with Gasteiger partial charge in [-0.2, -0.15) is 0 Å². The minimum atomic E-state index is -0.375. The molecule has 1 amide bonds. The first-order chi connectivity index (χ1) is 11.1. The number of benzene rings is 2. The van der Waals surface area contributed by atoms with Gasteiger partial charge >= 0.3 is 5.97 Å². The highest BCUT2D eigenvalue weighted by Crippen LogP contribution is 2.16. The fraction of sp³-hybridized carbons (Fsp3) is 0.222. The molecular weight excluding hydrogens is 314 g/mol. The van der Waals surface area contributed by atoms with Crippen molar-refractivity contribution in [3.63, 3.8) is 0 Å². The van der Waals surface area contributed by atoms with E-state index < -0.39 is 0 Å². The molecule has 5 heteroatoms. The normalized spacial score (nSPS) is 10.2. The largest absolute Gasteiger partial charge is 0.465 e. The summed E-state index contributed by atoms with van der Waals surface area (Å²) >= 11 is 6.06. The standard InChI is InChI=1S/C18H18ClNO3/c1-23-18(22)15-8-6-13(7-9-15)12-20-17(21)11-10-14-4-2-3-5-16(14)19/h2-9H,10-12H2,1H3,(H,20,21). The monoisotopic (exact) mass is 331 g/mol. The SMILES string of the molecule is COC(=O)c1ccc(CNC(=O)CCc2ccccc2Cl)cc1. The minimum Gasteiger partial charge on any atom is -0.465 e. The molecule has 1 N–H and O–H groups in total. The zero-order chi connectivity index (χ0) is 16.7. The topological polar surface area (TPSA) is 55.4 Å². The van der Waals surface area contributed by atoms with E-state index in [-0.39, 0.29) is 11.9 Å². The minimum absolute atomic E-state index is 0.0398. The average Bonchev–Trinajstić information content (AvgIpc) is 2.59. The zero-order valence-corrected chi connectivity index (χ0v) is 13.6. The van der Waals surface area contributed by atoms with Crippen molar-refractivity contribution >= 4 is 23.5 Å². The number of rotatable bonds is 6. The molecule has 0 aliphatic heterocycles. The maximum atomic E-state index is 11.9. The summed E-state index contributed by atoms with van der Waals surface area (Å²) in [7, 11) is 1.34. The van der Waals surface area contributed by atoms with E-state index in [1.807, 2.05) is 24.3 Å². The first kappa shape index (κ1) is 17.0. The number of ether oxygens (including phenoxy) is 1. The third-order valence-corrected chi connectivity index (χ3v) is 3.81. The van der Waals surface area contributed by atoms with Crippen LogP contribution in [0.25, 0.3) is 0 Å². The predicted octanol–water partition coefficient (Wildman–Crippen LogP) is 3.38. The van der Waals surface area contributed by atoms with Gasteiger partial charge in [0.2, 0.25) is 5.91 Å². The van der Waals surface area contributed by atoms with Crippen molar-refractivity contribution in [2.45, 2.75) is 19.4 Å². The van der Waals surface area contributed by atoms with Crippen molar-refractivity contribution in [1.29, 1.82) is 0 Å². The fourth-order valence-corrected chi connectivity index (χ4v) is 2.35. The predicted molar refractivity (Wildman–Crippen MR) is 89.4 cm³/mol. The first-order valence-corrected chi connectivity index (χ1v) is 7.65. The number of esters is 1. The quantitative estimate of drug-likeness (QED) is 0.826. The Labute approximate surface area is 140 Å². The smallest absolute Gasteiger partial charge is 0.337 e. The number of aryl methyl sites for hydroxylation is 1. The van der Waals surface area contributed by atoms with Gasteiger partial charge < -0.3 is 10.1 Å². The second kappa shape index (κ2) is 8.34. The number of halogens is 1. The number of carbonyl (C=O) groups is 2. The molecular formula is C18H18ClNO3. The zero-order valence-electron chi connectivity index (χ0n) is 12.8. The number of amides is 1. The lowest BCUT2D eigenvalue weighted by Crippen LogP contribution is -2.23. The van der Waals surface area contributed by atoms with Crippen LogP contribution in [0.4, 0.5) is 0 Å². The Kier molecular flexibility index (Phi) is 6.18. The van der Waals surface area contributed by atoms with Crippen LogP contribution in [0.1, 0.15) is 27.9 Å². The highest BCUT2D eigenvalue weighted by Gasteiger charge is 2.06. The molecule has 4 nitrogen and oxygen atoms in total. The summed E-state index contributed by atoms with van der Waals surface area (Å²) in [5.41, 5.74) is 2.37. The molecule has 0 unspecified atom stereocenters. The molecule has 0 spiro atoms. The van der Waals surface area contributed by atoms with Crippen molar-refractivity contribution < 1.29 is 14.3 Å². The number of methoxy groups -OCH3 is 1. The first-order valence-electron chi connectivity index (χ1n) is 7.27. The highest BCUT2D eigenvalue weighted by atomic mass is 35.5. The van der Waals surface area contributed by atoms with Gasteiger partial charge in [0, 0.05) is 18.0 Å². The van der Waals surface area contributed by atoms with Gasteiger partial charge in [0.05, 0.1) is 12.7 Å². The summed E-state index contributed by atoms with van der Waals surface area (Å²) in [5.74, 6) is -0.415. The maximum absolute atomic E-state index is 11.9. The van der Waals surface area contributed by atoms with Crippen molar-refractivity contribution in [3.05, 3.63) is 70.2 Å². The summed E-state index contributed by atoms with van der Waals surface area (Å²) in [6.07, 6.45) is 0.983. The average molecular weight is 332 g/mol. The van der Waals surface area contributed by atoms with Crippen LogP contribution in [0.2, 0.25) is 5.02 Å². The fourth-order valence-electron chi connectivity index (χ4n) is 2.11. The molecule has 0 aliphatic carbocycles. The molecule has 2 rings (SSSR count). The Morgan fingerprint density at radius 1 is 1.09 bits per heavy atom. The van der Waals surface area contributed by atoms with Crippen LogP contribution in [0.3, 0.4) is 0 Å². The van der Waals surface area contributed by atoms with Gasteiger partial charge in [0.15, 0.2) is 0 Å². The molecule has 0 saturated heterocycles. The molecule has 0 fully saturated rings. The maximum Gasteiger partial charge on any atom is 0.337 e. The van der Waals surface area contributed by atoms with E-state index >= 15 is 0 Å². The van der Waals surface area contributed by atoms with Gasteiger partial charge in [-0.3, -0.25) is 4.79 Å². The molecule has 23 heavy (non-hydrogen) atoms. The molecule has 0 heterocycles. The Balaban J connectivity index is 1.80. The molecule has 120 valence electrons. The van der Waals surface area contributed by atoms with E-state index in [4.69, 9.17) is 11.6 Å². The number of carbonyl (C=O) groups excluding carboxylic acids is 2. The summed E-state index contributed by atoms with van der Waals surface area (Å²) in [5, 5.41) is 3.53. The second-order valence-electron chi connectivity index (χ2n) is 5.06. The van der Waals surface area contributed by atoms with Gasteiger partial charge in [-0.1, -0.05) is 41.9 Å². The van der Waals surface area contributed by atoms with Gasteiger partial charge in [-0.15, -0.1) is 0 Å². The molecule has 0 saturated carbocycles. The van der Waals surface area contributed by atoms with Gasteiger partial charge in [0.25, 0.3) is 0 Å². The number of hydrogen-bond acceptors (Lipinski definition) is 3. The van der Waals surface area contributed by atoms with Crippen LogP contribution in [-0.2, 0) is 22.5 Å². The lowest BCUT2D eigenvalue weighted by atomic mass is 10.1. The summed E-state index contributed by atoms with van der Waals surface area (Å²) in [6.45, 7) is 0.419. The van der Waals surface area contributed by atoms with Gasteiger partial charge in [-0.05, 0) is 35.7 Å². The van der Waals surface area contributed by atoms with E-state index in [1.54, 1.807) is 24.3 Å². The van der Waals surface area contributed by atoms with Crippen LogP contribution in [0.15, 0.2) is 48.5 Å². The van der Waals surface area contributed by atoms with Crippen molar-refractivity contribution in [2.75, 3.05) is 7.11 Å². The van der Waals surface area contributed by atoms with Crippen LogP contribution >= 0.6 is 11.6 Å². The molecule has 0 aromatic heterocycles. The van der Waals surface area contributed by atoms with Crippen molar-refractivity contribution in [1.82, 2.24) is 5.32 Å². The van der Waals surface area contributed by atoms with Crippen molar-refractivity contribution in [2.24, 2.45) is 0 Å². The Morgan fingerprint density at radius 2 is 1.78 bits per heavy atom. The van der Waals surface area contributed by atoms with Crippen molar-refractivity contribution in [3.8, 4) is 0 Å². The molecule has 2 aromatic carbocycles. The van der Waals surface area contributed by atoms with E-state index in [2.05, 4.69) is 10.1 Å². The second-order valence-corrected chi connectivity index (χ2v) is 5.46. The van der Waals surface area contributed by atoms with Crippen LogP contribution in [0, 0.1) is 0 Å². The van der Waals surface area contributed by atoms with E-state index in [0.717, 1.165) is 11.1 Å². The Morgan fingerprint density at radius 3 is 2.43 bits per heavy atom. The Bertz CT molecular complexity index is 683. The van der Waals surface area contributed by atoms with Crippen LogP contribution in [0.5, 0.6) is 0 Å². The molecule has 0 atom stereocenters. The van der Waals surface area contributed by atoms with Gasteiger partial charge in [0.1, 0.15) is 0 Å². The van der Waals surface area contributed by atoms with Crippen LogP contribution < -0.4 is 5.32 Å². The third-order valence-electron chi connectivity index (χ3n) is 3.44. The van der Waals surface area contributed by atoms with E-state index in [9.17, 15) is 9.59 Å². The third kappa shape index (κ3) is 5.11. The number of hydrogen-bond donors (Lipinski definition) is 1. The molecule has 0 aliphatic rings. The summed E-state index contributed by atoms with van der Waals surface area (Å²) in [6, 6.07) is 14.4. The molecule has 2 aromatic rings. The number of nitrogens with one attached hydrogen (secondary N) is 1. The lowest BCUT2D eigenvalue weighted by Gasteiger charge is -2.07. The van der Waals surface area contributed by atoms with E-state index in [0.29, 0.717) is 30.0 Å². The van der Waals surface area contributed by atoms with E-state index in [1.165, 1.54) is 7.11 Å². The van der Waals surface area contributed by atoms with Gasteiger partial charge in [-0.25, -0.2) is 4.79 Å². The summed E-state index contributed by atoms with van der Waals surface area (Å²) < 4.78 is 4.64. The van der Waals surface area contributed by atoms with Crippen LogP contribution in [-0.4, -0.2) is 19.0 Å². The lowest BCUT2D eigenvalue weighted by molar-refractivity contribution is -0.121. The summed E-state index contributed by atoms with van der Waals surface area (Å²) in [4.78, 5) is 23.2. The molecule has 0 bridgehead atoms. The highest BCUT2D eigenvalue weighted by molar-refractivity contribution is 6.31. The molecule has 0 radical (unpaired) electrons.